The Labute approximate surface area is 120 Å². The summed E-state index contributed by atoms with van der Waals surface area (Å²) in [7, 11) is 0. The van der Waals surface area contributed by atoms with Crippen LogP contribution in [0.2, 0.25) is 0 Å². The van der Waals surface area contributed by atoms with Gasteiger partial charge in [-0.15, -0.1) is 0 Å². The number of para-hydroxylation sites is 2. The highest BCUT2D eigenvalue weighted by Gasteiger charge is 2.27. The topological polar surface area (TPSA) is 70.3 Å². The number of anilines is 1. The molecular weight excluding hydrogens is 274 g/mol. The van der Waals surface area contributed by atoms with E-state index < -0.39 is 0 Å². The van der Waals surface area contributed by atoms with Crippen molar-refractivity contribution in [3.8, 4) is 11.5 Å². The van der Waals surface area contributed by atoms with E-state index in [4.69, 9.17) is 15.2 Å². The van der Waals surface area contributed by atoms with Crippen molar-refractivity contribution >= 4 is 17.6 Å². The van der Waals surface area contributed by atoms with E-state index in [2.05, 4.69) is 9.97 Å². The predicted octanol–water partition coefficient (Wildman–Crippen LogP) is 2.32. The number of benzene rings is 1. The van der Waals surface area contributed by atoms with Crippen molar-refractivity contribution in [1.82, 2.24) is 9.97 Å². The molecule has 1 unspecified atom stereocenters. The second kappa shape index (κ2) is 4.56. The lowest BCUT2D eigenvalue weighted by Gasteiger charge is -2.25. The Morgan fingerprint density at radius 1 is 1.15 bits per heavy atom. The average molecular weight is 287 g/mol. The van der Waals surface area contributed by atoms with Crippen LogP contribution < -0.4 is 15.2 Å². The fraction of sp³-hybridized carbons (Fsp3) is 0.286. The van der Waals surface area contributed by atoms with Crippen LogP contribution >= 0.6 is 11.8 Å². The highest BCUT2D eigenvalue weighted by atomic mass is 32.2. The number of hydrogen-bond donors (Lipinski definition) is 1. The molecule has 1 atom stereocenters. The van der Waals surface area contributed by atoms with Crippen molar-refractivity contribution in [2.24, 2.45) is 0 Å². The third-order valence-corrected chi connectivity index (χ3v) is 4.39. The van der Waals surface area contributed by atoms with Crippen molar-refractivity contribution in [3.63, 3.8) is 0 Å². The van der Waals surface area contributed by atoms with Gasteiger partial charge < -0.3 is 15.2 Å². The van der Waals surface area contributed by atoms with Gasteiger partial charge in [-0.25, -0.2) is 9.97 Å². The molecule has 5 nitrogen and oxygen atoms in total. The largest absolute Gasteiger partial charge is 0.485 e. The summed E-state index contributed by atoms with van der Waals surface area (Å²) in [5, 5.41) is 0. The van der Waals surface area contributed by atoms with Crippen LogP contribution in [-0.2, 0) is 11.5 Å². The second-order valence-corrected chi connectivity index (χ2v) is 5.73. The van der Waals surface area contributed by atoms with Gasteiger partial charge in [0, 0.05) is 17.1 Å². The van der Waals surface area contributed by atoms with Gasteiger partial charge in [-0.2, -0.15) is 11.8 Å². The van der Waals surface area contributed by atoms with Crippen LogP contribution in [0.5, 0.6) is 11.5 Å². The van der Waals surface area contributed by atoms with Gasteiger partial charge in [-0.1, -0.05) is 12.1 Å². The molecule has 0 aliphatic carbocycles. The first-order chi connectivity index (χ1) is 9.81. The zero-order chi connectivity index (χ0) is 13.5. The van der Waals surface area contributed by atoms with Crippen LogP contribution in [0.15, 0.2) is 24.3 Å². The molecule has 6 heteroatoms. The standard InChI is InChI=1S/C14H13N3O2S/c15-13-8-6-20-7-9(8)16-14(17-13)12-5-18-10-3-1-2-4-11(10)19-12/h1-4,12H,5-7H2,(H2,15,16,17). The van der Waals surface area contributed by atoms with Gasteiger partial charge in [0.15, 0.2) is 23.4 Å². The van der Waals surface area contributed by atoms with E-state index in [0.717, 1.165) is 34.3 Å². The van der Waals surface area contributed by atoms with E-state index in [-0.39, 0.29) is 6.10 Å². The molecule has 2 aliphatic rings. The minimum Gasteiger partial charge on any atom is -0.485 e. The summed E-state index contributed by atoms with van der Waals surface area (Å²) in [5.74, 6) is 4.44. The van der Waals surface area contributed by atoms with E-state index in [9.17, 15) is 0 Å². The van der Waals surface area contributed by atoms with Crippen molar-refractivity contribution in [2.75, 3.05) is 12.3 Å². The molecular formula is C14H13N3O2S. The van der Waals surface area contributed by atoms with Crippen molar-refractivity contribution < 1.29 is 9.47 Å². The highest BCUT2D eigenvalue weighted by molar-refractivity contribution is 7.98. The van der Waals surface area contributed by atoms with Crippen LogP contribution in [0.25, 0.3) is 0 Å². The van der Waals surface area contributed by atoms with Gasteiger partial charge in [-0.3, -0.25) is 0 Å². The van der Waals surface area contributed by atoms with E-state index in [0.29, 0.717) is 18.2 Å². The summed E-state index contributed by atoms with van der Waals surface area (Å²) in [6.07, 6.45) is -0.303. The number of nitrogen functional groups attached to an aromatic ring is 1. The summed E-state index contributed by atoms with van der Waals surface area (Å²) in [5.41, 5.74) is 8.11. The van der Waals surface area contributed by atoms with Gasteiger partial charge >= 0.3 is 0 Å². The summed E-state index contributed by atoms with van der Waals surface area (Å²) in [6.45, 7) is 0.405. The minimum absolute atomic E-state index is 0.303. The van der Waals surface area contributed by atoms with Gasteiger partial charge in [0.1, 0.15) is 12.4 Å². The highest BCUT2D eigenvalue weighted by Crippen LogP contribution is 2.37. The molecule has 0 bridgehead atoms. The van der Waals surface area contributed by atoms with Gasteiger partial charge in [0.05, 0.1) is 5.69 Å². The molecule has 0 fully saturated rings. The second-order valence-electron chi connectivity index (χ2n) is 4.75. The zero-order valence-corrected chi connectivity index (χ0v) is 11.5. The Hall–Kier alpha value is -1.95. The number of hydrogen-bond acceptors (Lipinski definition) is 6. The monoisotopic (exact) mass is 287 g/mol. The maximum atomic E-state index is 6.01. The van der Waals surface area contributed by atoms with Crippen LogP contribution in [0, 0.1) is 0 Å². The third-order valence-electron chi connectivity index (χ3n) is 3.42. The number of nitrogens with zero attached hydrogens (tertiary/aromatic N) is 2. The number of thioether (sulfide) groups is 1. The molecule has 1 aromatic carbocycles. The van der Waals surface area contributed by atoms with Gasteiger partial charge in [0.25, 0.3) is 0 Å². The summed E-state index contributed by atoms with van der Waals surface area (Å²) in [4.78, 5) is 8.98. The maximum Gasteiger partial charge on any atom is 0.192 e. The Balaban J connectivity index is 1.68. The van der Waals surface area contributed by atoms with Crippen LogP contribution in [0.3, 0.4) is 0 Å². The molecule has 2 aromatic rings. The normalized spacial score (nSPS) is 19.7. The first-order valence-corrected chi connectivity index (χ1v) is 7.58. The first kappa shape index (κ1) is 11.8. The van der Waals surface area contributed by atoms with Crippen molar-refractivity contribution in [1.29, 1.82) is 0 Å². The molecule has 1 aromatic heterocycles. The molecule has 0 saturated carbocycles. The lowest BCUT2D eigenvalue weighted by molar-refractivity contribution is 0.0850. The molecule has 0 spiro atoms. The molecule has 0 radical (unpaired) electrons. The molecule has 4 rings (SSSR count). The molecule has 0 saturated heterocycles. The summed E-state index contributed by atoms with van der Waals surface area (Å²) in [6, 6.07) is 7.61. The first-order valence-electron chi connectivity index (χ1n) is 6.42. The fourth-order valence-electron chi connectivity index (χ4n) is 2.39. The predicted molar refractivity (Wildman–Crippen MR) is 76.7 cm³/mol. The third kappa shape index (κ3) is 1.87. The molecule has 102 valence electrons. The molecule has 0 amide bonds. The number of aromatic nitrogens is 2. The zero-order valence-electron chi connectivity index (χ0n) is 10.7. The van der Waals surface area contributed by atoms with Crippen LogP contribution in [-0.4, -0.2) is 16.6 Å². The number of ether oxygens (including phenoxy) is 2. The molecule has 3 heterocycles. The quantitative estimate of drug-likeness (QED) is 0.868. The lowest BCUT2D eigenvalue weighted by Crippen LogP contribution is -2.24. The van der Waals surface area contributed by atoms with Gasteiger partial charge in [0.2, 0.25) is 0 Å². The Kier molecular flexibility index (Phi) is 2.70. The van der Waals surface area contributed by atoms with Gasteiger partial charge in [-0.05, 0) is 12.1 Å². The average Bonchev–Trinajstić information content (AvgIpc) is 2.96. The van der Waals surface area contributed by atoms with Crippen molar-refractivity contribution in [3.05, 3.63) is 41.3 Å². The van der Waals surface area contributed by atoms with E-state index >= 15 is 0 Å². The number of nitrogens with two attached hydrogens (primary N) is 1. The molecule has 20 heavy (non-hydrogen) atoms. The smallest absolute Gasteiger partial charge is 0.192 e. The fourth-order valence-corrected chi connectivity index (χ4v) is 3.44. The summed E-state index contributed by atoms with van der Waals surface area (Å²) >= 11 is 1.81. The Morgan fingerprint density at radius 2 is 2.00 bits per heavy atom. The van der Waals surface area contributed by atoms with Crippen LogP contribution in [0.4, 0.5) is 5.82 Å². The lowest BCUT2D eigenvalue weighted by atomic mass is 10.2. The molecule has 2 aliphatic heterocycles. The minimum atomic E-state index is -0.303. The van der Waals surface area contributed by atoms with Crippen molar-refractivity contribution in [2.45, 2.75) is 17.6 Å². The van der Waals surface area contributed by atoms with E-state index in [1.165, 1.54) is 0 Å². The maximum absolute atomic E-state index is 6.01. The Bertz CT molecular complexity index is 677. The van der Waals surface area contributed by atoms with Crippen LogP contribution in [0.1, 0.15) is 23.2 Å². The number of fused-ring (bicyclic) bond motifs is 2. The van der Waals surface area contributed by atoms with E-state index in [1.54, 1.807) is 11.8 Å². The Morgan fingerprint density at radius 3 is 2.90 bits per heavy atom. The summed E-state index contributed by atoms with van der Waals surface area (Å²) < 4.78 is 11.6. The SMILES string of the molecule is Nc1nc(C2COc3ccccc3O2)nc2c1CSC2. The number of rotatable bonds is 1. The van der Waals surface area contributed by atoms with E-state index in [1.807, 2.05) is 24.3 Å². The molecule has 2 N–H and O–H groups in total.